The van der Waals surface area contributed by atoms with Gasteiger partial charge in [-0.25, -0.2) is 14.5 Å². The number of aryl methyl sites for hydroxylation is 1. The van der Waals surface area contributed by atoms with Crippen molar-refractivity contribution in [3.8, 4) is 17.0 Å². The van der Waals surface area contributed by atoms with E-state index < -0.39 is 5.97 Å². The summed E-state index contributed by atoms with van der Waals surface area (Å²) in [5.41, 5.74) is 2.80. The number of carboxylic acid groups (broad SMARTS) is 1. The Kier molecular flexibility index (Phi) is 5.77. The molecule has 1 fully saturated rings. The van der Waals surface area contributed by atoms with Crippen molar-refractivity contribution in [3.63, 3.8) is 0 Å². The van der Waals surface area contributed by atoms with E-state index in [1.54, 1.807) is 16.9 Å². The summed E-state index contributed by atoms with van der Waals surface area (Å²) in [5.74, 6) is 0.251. The third-order valence-corrected chi connectivity index (χ3v) is 6.78. The second-order valence-electron chi connectivity index (χ2n) is 9.22. The summed E-state index contributed by atoms with van der Waals surface area (Å²) in [6, 6.07) is 9.67. The Balaban J connectivity index is 1.31. The van der Waals surface area contributed by atoms with Crippen LogP contribution in [0.3, 0.4) is 0 Å². The first-order valence-corrected chi connectivity index (χ1v) is 11.5. The average Bonchev–Trinajstić information content (AvgIpc) is 3.46. The minimum absolute atomic E-state index is 0.0294. The highest BCUT2D eigenvalue weighted by Crippen LogP contribution is 2.37. The Bertz CT molecular complexity index is 1240. The van der Waals surface area contributed by atoms with Crippen molar-refractivity contribution >= 4 is 11.9 Å². The molecule has 3 atom stereocenters. The number of hydrogen-bond acceptors (Lipinski definition) is 6. The molecule has 5 rings (SSSR count). The molecule has 1 saturated heterocycles. The third-order valence-electron chi connectivity index (χ3n) is 6.78. The SMILES string of the molecule is Cc1cnc(C(=O)O)c(-c2cn([C@H]3CN(C(=O)CC4CCOc5ccccc54)C[C@H]3C)nn2)c1. The fourth-order valence-electron chi connectivity index (χ4n) is 4.96. The first-order valence-electron chi connectivity index (χ1n) is 11.5. The highest BCUT2D eigenvalue weighted by Gasteiger charge is 2.36. The fourth-order valence-corrected chi connectivity index (χ4v) is 4.96. The number of amides is 1. The minimum Gasteiger partial charge on any atom is -0.493 e. The van der Waals surface area contributed by atoms with Crippen LogP contribution in [0.5, 0.6) is 5.75 Å². The van der Waals surface area contributed by atoms with Crippen LogP contribution in [0.15, 0.2) is 42.7 Å². The topological polar surface area (TPSA) is 110 Å². The Morgan fingerprint density at radius 1 is 1.24 bits per heavy atom. The van der Waals surface area contributed by atoms with Crippen LogP contribution in [0, 0.1) is 12.8 Å². The molecule has 34 heavy (non-hydrogen) atoms. The highest BCUT2D eigenvalue weighted by atomic mass is 16.5. The van der Waals surface area contributed by atoms with Crippen LogP contribution >= 0.6 is 0 Å². The summed E-state index contributed by atoms with van der Waals surface area (Å²) in [7, 11) is 0. The summed E-state index contributed by atoms with van der Waals surface area (Å²) < 4.78 is 7.49. The van der Waals surface area contributed by atoms with E-state index in [1.165, 1.54) is 6.20 Å². The molecule has 1 unspecified atom stereocenters. The van der Waals surface area contributed by atoms with E-state index >= 15 is 0 Å². The summed E-state index contributed by atoms with van der Waals surface area (Å²) in [4.78, 5) is 30.8. The first-order chi connectivity index (χ1) is 16.4. The van der Waals surface area contributed by atoms with Gasteiger partial charge >= 0.3 is 5.97 Å². The lowest BCUT2D eigenvalue weighted by Gasteiger charge is -2.27. The first kappa shape index (κ1) is 22.1. The van der Waals surface area contributed by atoms with E-state index in [2.05, 4.69) is 22.2 Å². The predicted molar refractivity (Wildman–Crippen MR) is 124 cm³/mol. The van der Waals surface area contributed by atoms with Gasteiger partial charge in [0, 0.05) is 31.3 Å². The Labute approximate surface area is 197 Å². The quantitative estimate of drug-likeness (QED) is 0.620. The van der Waals surface area contributed by atoms with Crippen LogP contribution in [0.2, 0.25) is 0 Å². The van der Waals surface area contributed by atoms with Gasteiger partial charge in [-0.2, -0.15) is 0 Å². The Hall–Kier alpha value is -3.75. The number of carboxylic acids is 1. The molecule has 0 radical (unpaired) electrons. The van der Waals surface area contributed by atoms with E-state index in [-0.39, 0.29) is 29.5 Å². The van der Waals surface area contributed by atoms with Gasteiger partial charge in [0.15, 0.2) is 5.69 Å². The number of aromatic nitrogens is 4. The fraction of sp³-hybridized carbons (Fsp3) is 0.400. The zero-order valence-electron chi connectivity index (χ0n) is 19.2. The predicted octanol–water partition coefficient (Wildman–Crippen LogP) is 3.32. The number of hydrogen-bond donors (Lipinski definition) is 1. The van der Waals surface area contributed by atoms with Crippen LogP contribution in [-0.4, -0.2) is 61.6 Å². The molecule has 2 aliphatic heterocycles. The normalized spacial score (nSPS) is 21.7. The van der Waals surface area contributed by atoms with Gasteiger partial charge in [0.2, 0.25) is 5.91 Å². The smallest absolute Gasteiger partial charge is 0.355 e. The maximum absolute atomic E-state index is 13.2. The van der Waals surface area contributed by atoms with Crippen LogP contribution < -0.4 is 4.74 Å². The molecule has 0 saturated carbocycles. The molecule has 2 aromatic heterocycles. The molecular weight excluding hydrogens is 434 g/mol. The molecule has 4 heterocycles. The van der Waals surface area contributed by atoms with Gasteiger partial charge in [-0.3, -0.25) is 4.79 Å². The number of pyridine rings is 1. The molecule has 2 aliphatic rings. The van der Waals surface area contributed by atoms with Crippen molar-refractivity contribution in [3.05, 3.63) is 59.5 Å². The molecular formula is C25H27N5O4. The second-order valence-corrected chi connectivity index (χ2v) is 9.22. The zero-order chi connectivity index (χ0) is 23.8. The van der Waals surface area contributed by atoms with E-state index in [0.29, 0.717) is 37.4 Å². The molecule has 3 aromatic rings. The van der Waals surface area contributed by atoms with Gasteiger partial charge in [0.1, 0.15) is 11.4 Å². The van der Waals surface area contributed by atoms with Gasteiger partial charge in [0.25, 0.3) is 0 Å². The van der Waals surface area contributed by atoms with Crippen LogP contribution in [0.25, 0.3) is 11.3 Å². The highest BCUT2D eigenvalue weighted by molar-refractivity contribution is 5.93. The lowest BCUT2D eigenvalue weighted by molar-refractivity contribution is -0.130. The molecule has 1 aromatic carbocycles. The number of nitrogens with zero attached hydrogens (tertiary/aromatic N) is 5. The van der Waals surface area contributed by atoms with Gasteiger partial charge in [0.05, 0.1) is 18.8 Å². The number of ether oxygens (including phenoxy) is 1. The number of benzene rings is 1. The number of carbonyl (C=O) groups excluding carboxylic acids is 1. The minimum atomic E-state index is -1.11. The van der Waals surface area contributed by atoms with E-state index in [1.807, 2.05) is 36.1 Å². The van der Waals surface area contributed by atoms with Crippen molar-refractivity contribution in [2.24, 2.45) is 5.92 Å². The van der Waals surface area contributed by atoms with Crippen molar-refractivity contribution in [2.75, 3.05) is 19.7 Å². The lowest BCUT2D eigenvalue weighted by Crippen LogP contribution is -2.31. The number of fused-ring (bicyclic) bond motifs is 1. The van der Waals surface area contributed by atoms with E-state index in [9.17, 15) is 14.7 Å². The van der Waals surface area contributed by atoms with Gasteiger partial charge in [-0.05, 0) is 48.4 Å². The molecule has 9 heteroatoms. The molecule has 9 nitrogen and oxygen atoms in total. The van der Waals surface area contributed by atoms with Crippen molar-refractivity contribution < 1.29 is 19.4 Å². The summed E-state index contributed by atoms with van der Waals surface area (Å²) in [6.45, 7) is 5.77. The molecule has 1 amide bonds. The van der Waals surface area contributed by atoms with Crippen LogP contribution in [0.4, 0.5) is 0 Å². The van der Waals surface area contributed by atoms with Gasteiger partial charge in [-0.1, -0.05) is 30.3 Å². The standard InChI is InChI=1S/C25H27N5O4/c1-15-9-19(24(25(32)33)26-11-15)20-13-30(28-27-20)21-14-29(12-16(21)2)23(31)10-17-7-8-34-22-6-4-3-5-18(17)22/h3-6,9,11,13,16-17,21H,7-8,10,12,14H2,1-2H3,(H,32,33)/t16-,17?,21+/m1/s1. The zero-order valence-corrected chi connectivity index (χ0v) is 19.2. The van der Waals surface area contributed by atoms with Crippen molar-refractivity contribution in [1.29, 1.82) is 0 Å². The maximum Gasteiger partial charge on any atom is 0.355 e. The molecule has 0 aliphatic carbocycles. The summed E-state index contributed by atoms with van der Waals surface area (Å²) in [5, 5.41) is 18.0. The number of likely N-dealkylation sites (tertiary alicyclic amines) is 1. The average molecular weight is 462 g/mol. The largest absolute Gasteiger partial charge is 0.493 e. The maximum atomic E-state index is 13.2. The molecule has 0 spiro atoms. The molecule has 176 valence electrons. The number of aromatic carboxylic acids is 1. The summed E-state index contributed by atoms with van der Waals surface area (Å²) in [6.07, 6.45) is 4.57. The lowest BCUT2D eigenvalue weighted by atomic mass is 9.90. The number of carbonyl (C=O) groups is 2. The molecule has 0 bridgehead atoms. The second kappa shape index (κ2) is 8.89. The monoisotopic (exact) mass is 461 g/mol. The van der Waals surface area contributed by atoms with Gasteiger partial charge < -0.3 is 14.7 Å². The van der Waals surface area contributed by atoms with E-state index in [4.69, 9.17) is 4.74 Å². The van der Waals surface area contributed by atoms with Crippen LogP contribution in [0.1, 0.15) is 53.3 Å². The summed E-state index contributed by atoms with van der Waals surface area (Å²) >= 11 is 0. The van der Waals surface area contributed by atoms with Crippen molar-refractivity contribution in [1.82, 2.24) is 24.9 Å². The Morgan fingerprint density at radius 2 is 2.06 bits per heavy atom. The van der Waals surface area contributed by atoms with Crippen molar-refractivity contribution in [2.45, 2.75) is 38.6 Å². The van der Waals surface area contributed by atoms with Gasteiger partial charge in [-0.15, -0.1) is 5.10 Å². The Morgan fingerprint density at radius 3 is 2.88 bits per heavy atom. The number of para-hydroxylation sites is 1. The third kappa shape index (κ3) is 4.13. The van der Waals surface area contributed by atoms with E-state index in [0.717, 1.165) is 23.3 Å². The number of rotatable bonds is 5. The molecule has 1 N–H and O–H groups in total. The van der Waals surface area contributed by atoms with Crippen LogP contribution in [-0.2, 0) is 4.79 Å².